The Bertz CT molecular complexity index is 970. The number of hydrogen-bond acceptors (Lipinski definition) is 2. The number of methoxy groups -OCH3 is 1. The van der Waals surface area contributed by atoms with E-state index in [2.05, 4.69) is 0 Å². The summed E-state index contributed by atoms with van der Waals surface area (Å²) >= 11 is 12.2. The Morgan fingerprint density at radius 3 is 2.19 bits per heavy atom. The van der Waals surface area contributed by atoms with Crippen molar-refractivity contribution in [1.29, 1.82) is 0 Å². The molecule has 1 amide bonds. The number of anilines is 1. The zero-order valence-electron chi connectivity index (χ0n) is 14.6. The van der Waals surface area contributed by atoms with E-state index in [0.29, 0.717) is 10.0 Å². The van der Waals surface area contributed by atoms with Gasteiger partial charge in [0.15, 0.2) is 0 Å². The molecule has 0 aromatic heterocycles. The summed E-state index contributed by atoms with van der Waals surface area (Å²) in [5.74, 6) is 0.510. The molecule has 0 saturated carbocycles. The van der Waals surface area contributed by atoms with Gasteiger partial charge in [-0.15, -0.1) is 0 Å². The van der Waals surface area contributed by atoms with Gasteiger partial charge in [0.05, 0.1) is 19.1 Å². The van der Waals surface area contributed by atoms with Crippen LogP contribution in [0.2, 0.25) is 10.0 Å². The minimum atomic E-state index is -0.285. The highest BCUT2D eigenvalue weighted by molar-refractivity contribution is 6.31. The highest BCUT2D eigenvalue weighted by Gasteiger charge is 2.49. The summed E-state index contributed by atoms with van der Waals surface area (Å²) in [5.41, 5.74) is 2.77. The Hall–Kier alpha value is -2.49. The fourth-order valence-corrected chi connectivity index (χ4v) is 3.87. The molecule has 0 N–H and O–H groups in total. The van der Waals surface area contributed by atoms with Crippen LogP contribution in [-0.2, 0) is 4.79 Å². The largest absolute Gasteiger partial charge is 0.497 e. The molecule has 27 heavy (non-hydrogen) atoms. The Balaban J connectivity index is 1.76. The molecule has 4 rings (SSSR count). The molecule has 3 aromatic rings. The van der Waals surface area contributed by atoms with Crippen molar-refractivity contribution in [3.63, 3.8) is 0 Å². The van der Waals surface area contributed by atoms with Crippen LogP contribution in [0.1, 0.15) is 23.1 Å². The molecule has 1 saturated heterocycles. The van der Waals surface area contributed by atoms with E-state index in [1.807, 2.05) is 77.7 Å². The van der Waals surface area contributed by atoms with Gasteiger partial charge in [0, 0.05) is 15.7 Å². The second-order valence-electron chi connectivity index (χ2n) is 6.44. The smallest absolute Gasteiger partial charge is 0.237 e. The number of amides is 1. The van der Waals surface area contributed by atoms with Crippen molar-refractivity contribution in [2.24, 2.45) is 0 Å². The van der Waals surface area contributed by atoms with E-state index in [9.17, 15) is 4.79 Å². The van der Waals surface area contributed by atoms with Gasteiger partial charge in [0.25, 0.3) is 0 Å². The molecule has 0 spiro atoms. The summed E-state index contributed by atoms with van der Waals surface area (Å²) in [7, 11) is 1.62. The van der Waals surface area contributed by atoms with Crippen molar-refractivity contribution in [3.8, 4) is 5.75 Å². The summed E-state index contributed by atoms with van der Waals surface area (Å²) in [6.45, 7) is 0. The average Bonchev–Trinajstić information content (AvgIpc) is 2.68. The number of carbonyl (C=O) groups excluding carboxylic acids is 1. The molecule has 1 heterocycles. The van der Waals surface area contributed by atoms with Crippen LogP contribution >= 0.6 is 23.2 Å². The van der Waals surface area contributed by atoms with Crippen LogP contribution in [0.25, 0.3) is 0 Å². The lowest BCUT2D eigenvalue weighted by Crippen LogP contribution is -2.53. The van der Waals surface area contributed by atoms with E-state index in [0.717, 1.165) is 22.6 Å². The van der Waals surface area contributed by atoms with E-state index in [-0.39, 0.29) is 17.9 Å². The van der Waals surface area contributed by atoms with Gasteiger partial charge in [0.1, 0.15) is 5.75 Å². The number of benzene rings is 3. The number of nitrogens with zero attached hydrogens (tertiary/aromatic N) is 1. The Morgan fingerprint density at radius 2 is 1.56 bits per heavy atom. The molecule has 3 nitrogen and oxygen atoms in total. The van der Waals surface area contributed by atoms with E-state index < -0.39 is 0 Å². The first kappa shape index (κ1) is 17.9. The molecular formula is C22H17Cl2NO2. The number of rotatable bonds is 4. The average molecular weight is 398 g/mol. The Kier molecular flexibility index (Phi) is 4.81. The lowest BCUT2D eigenvalue weighted by molar-refractivity contribution is -0.126. The maximum atomic E-state index is 13.1. The van der Waals surface area contributed by atoms with Crippen LogP contribution in [0.3, 0.4) is 0 Å². The predicted molar refractivity (Wildman–Crippen MR) is 109 cm³/mol. The van der Waals surface area contributed by atoms with Gasteiger partial charge in [-0.3, -0.25) is 4.79 Å². The van der Waals surface area contributed by atoms with Crippen LogP contribution in [0.4, 0.5) is 5.69 Å². The summed E-state index contributed by atoms with van der Waals surface area (Å²) in [6, 6.07) is 22.5. The second kappa shape index (κ2) is 7.26. The minimum absolute atomic E-state index is 0.0439. The minimum Gasteiger partial charge on any atom is -0.497 e. The van der Waals surface area contributed by atoms with Crippen molar-refractivity contribution in [1.82, 2.24) is 0 Å². The van der Waals surface area contributed by atoms with Crippen LogP contribution in [0.5, 0.6) is 5.75 Å². The van der Waals surface area contributed by atoms with Gasteiger partial charge in [0.2, 0.25) is 5.91 Å². The molecule has 1 fully saturated rings. The van der Waals surface area contributed by atoms with Gasteiger partial charge in [-0.05, 0) is 59.7 Å². The van der Waals surface area contributed by atoms with Crippen molar-refractivity contribution >= 4 is 34.8 Å². The van der Waals surface area contributed by atoms with Gasteiger partial charge in [-0.25, -0.2) is 0 Å². The molecule has 0 aliphatic carbocycles. The lowest BCUT2D eigenvalue weighted by atomic mass is 9.77. The summed E-state index contributed by atoms with van der Waals surface area (Å²) < 4.78 is 5.22. The van der Waals surface area contributed by atoms with Crippen molar-refractivity contribution < 1.29 is 9.53 Å². The zero-order chi connectivity index (χ0) is 19.0. The first-order valence-corrected chi connectivity index (χ1v) is 9.32. The monoisotopic (exact) mass is 397 g/mol. The molecule has 1 aliphatic heterocycles. The highest BCUT2D eigenvalue weighted by atomic mass is 35.5. The molecular weight excluding hydrogens is 381 g/mol. The third kappa shape index (κ3) is 3.29. The number of hydrogen-bond donors (Lipinski definition) is 0. The molecule has 3 aromatic carbocycles. The fourth-order valence-electron chi connectivity index (χ4n) is 3.55. The SMILES string of the molecule is COc1ccc(N2C(=O)C(c3cccc(Cl)c3)C2c2ccc(Cl)cc2)cc1. The van der Waals surface area contributed by atoms with Crippen LogP contribution in [0.15, 0.2) is 72.8 Å². The topological polar surface area (TPSA) is 29.5 Å². The van der Waals surface area contributed by atoms with Crippen molar-refractivity contribution in [2.75, 3.05) is 12.0 Å². The molecule has 0 bridgehead atoms. The van der Waals surface area contributed by atoms with Crippen LogP contribution in [-0.4, -0.2) is 13.0 Å². The van der Waals surface area contributed by atoms with Gasteiger partial charge in [-0.2, -0.15) is 0 Å². The standard InChI is InChI=1S/C22H17Cl2NO2/c1-27-19-11-9-18(10-12-19)25-21(14-5-7-16(23)8-6-14)20(22(25)26)15-3-2-4-17(24)13-15/h2-13,20-21H,1H3. The number of β-lactam (4-membered cyclic amide) rings is 1. The number of halogens is 2. The number of ether oxygens (including phenoxy) is 1. The maximum Gasteiger partial charge on any atom is 0.237 e. The van der Waals surface area contributed by atoms with Crippen LogP contribution in [0, 0.1) is 0 Å². The molecule has 2 unspecified atom stereocenters. The van der Waals surface area contributed by atoms with Gasteiger partial charge < -0.3 is 9.64 Å². The highest BCUT2D eigenvalue weighted by Crippen LogP contribution is 2.49. The Labute approximate surface area is 168 Å². The summed E-state index contributed by atoms with van der Waals surface area (Å²) in [6.07, 6.45) is 0. The van der Waals surface area contributed by atoms with Gasteiger partial charge in [-0.1, -0.05) is 47.5 Å². The summed E-state index contributed by atoms with van der Waals surface area (Å²) in [5, 5.41) is 1.29. The molecule has 2 atom stereocenters. The first-order chi connectivity index (χ1) is 13.1. The van der Waals surface area contributed by atoms with E-state index >= 15 is 0 Å². The van der Waals surface area contributed by atoms with Crippen molar-refractivity contribution in [3.05, 3.63) is 94.0 Å². The second-order valence-corrected chi connectivity index (χ2v) is 7.31. The molecule has 0 radical (unpaired) electrons. The zero-order valence-corrected chi connectivity index (χ0v) is 16.1. The van der Waals surface area contributed by atoms with E-state index in [1.165, 1.54) is 0 Å². The quantitative estimate of drug-likeness (QED) is 0.514. The number of carbonyl (C=O) groups is 1. The molecule has 136 valence electrons. The fraction of sp³-hybridized carbons (Fsp3) is 0.136. The maximum absolute atomic E-state index is 13.1. The van der Waals surface area contributed by atoms with Crippen molar-refractivity contribution in [2.45, 2.75) is 12.0 Å². The molecule has 5 heteroatoms. The third-order valence-corrected chi connectivity index (χ3v) is 5.35. The lowest BCUT2D eigenvalue weighted by Gasteiger charge is -2.47. The van der Waals surface area contributed by atoms with E-state index in [4.69, 9.17) is 27.9 Å². The molecule has 1 aliphatic rings. The van der Waals surface area contributed by atoms with Gasteiger partial charge >= 0.3 is 0 Å². The van der Waals surface area contributed by atoms with Crippen LogP contribution < -0.4 is 9.64 Å². The third-order valence-electron chi connectivity index (χ3n) is 4.87. The summed E-state index contributed by atoms with van der Waals surface area (Å²) in [4.78, 5) is 14.9. The van der Waals surface area contributed by atoms with E-state index in [1.54, 1.807) is 7.11 Å². The Morgan fingerprint density at radius 1 is 0.852 bits per heavy atom. The predicted octanol–water partition coefficient (Wildman–Crippen LogP) is 5.87. The normalized spacial score (nSPS) is 18.9. The first-order valence-electron chi connectivity index (χ1n) is 8.56.